The Kier molecular flexibility index (Phi) is 12.3. The number of aryl methyl sites for hydroxylation is 1. The summed E-state index contributed by atoms with van der Waals surface area (Å²) in [6.07, 6.45) is 6.96. The molecule has 0 aromatic heterocycles. The molecule has 0 unspecified atom stereocenters. The van der Waals surface area contributed by atoms with Gasteiger partial charge < -0.3 is 19.7 Å². The summed E-state index contributed by atoms with van der Waals surface area (Å²) >= 11 is 6.32. The van der Waals surface area contributed by atoms with Crippen molar-refractivity contribution >= 4 is 42.0 Å². The van der Waals surface area contributed by atoms with Crippen molar-refractivity contribution in [2.24, 2.45) is 5.92 Å². The molecule has 2 aliphatic carbocycles. The molecule has 1 saturated carbocycles. The highest BCUT2D eigenvalue weighted by Crippen LogP contribution is 2.40. The number of fused-ring (bicyclic) bond motifs is 2. The summed E-state index contributed by atoms with van der Waals surface area (Å²) < 4.78 is 11.7. The average molecular weight is 672 g/mol. The Balaban J connectivity index is 0.000000909. The van der Waals surface area contributed by atoms with Crippen LogP contribution < -0.4 is 9.47 Å². The number of hydrogen-bond donors (Lipinski definition) is 2. The fourth-order valence-corrected chi connectivity index (χ4v) is 6.99. The zero-order chi connectivity index (χ0) is 31.9. The molecule has 246 valence electrons. The lowest BCUT2D eigenvalue weighted by Gasteiger charge is -2.34. The van der Waals surface area contributed by atoms with E-state index in [4.69, 9.17) is 36.1 Å². The van der Waals surface area contributed by atoms with Gasteiger partial charge in [0.15, 0.2) is 11.5 Å². The van der Waals surface area contributed by atoms with Gasteiger partial charge in [0.05, 0.1) is 24.8 Å². The van der Waals surface area contributed by atoms with Crippen LogP contribution in [0, 0.1) is 5.92 Å². The van der Waals surface area contributed by atoms with E-state index in [1.54, 1.807) is 31.4 Å². The lowest BCUT2D eigenvalue weighted by Crippen LogP contribution is -2.33. The smallest absolute Gasteiger partial charge is 0.493 e. The molecule has 9 nitrogen and oxygen atoms in total. The van der Waals surface area contributed by atoms with E-state index in [9.17, 15) is 9.59 Å². The Morgan fingerprint density at radius 2 is 1.61 bits per heavy atom. The van der Waals surface area contributed by atoms with Crippen LogP contribution in [0.15, 0.2) is 60.7 Å². The van der Waals surface area contributed by atoms with Gasteiger partial charge in [-0.15, -0.1) is 12.4 Å². The predicted molar refractivity (Wildman–Crippen MR) is 178 cm³/mol. The molecular formula is C35H40Cl2N2O7. The number of halogens is 2. The second kappa shape index (κ2) is 16.2. The van der Waals surface area contributed by atoms with Crippen LogP contribution in [0.5, 0.6) is 11.5 Å². The quantitative estimate of drug-likeness (QED) is 0.210. The van der Waals surface area contributed by atoms with Crippen LogP contribution in [0.1, 0.15) is 82.0 Å². The van der Waals surface area contributed by atoms with Gasteiger partial charge >= 0.3 is 6.16 Å². The van der Waals surface area contributed by atoms with Crippen molar-refractivity contribution in [1.82, 2.24) is 9.80 Å². The largest absolute Gasteiger partial charge is 0.503 e. The lowest BCUT2D eigenvalue weighted by atomic mass is 9.88. The summed E-state index contributed by atoms with van der Waals surface area (Å²) in [7, 11) is 1.65. The second-order valence-electron chi connectivity index (χ2n) is 11.8. The highest BCUT2D eigenvalue weighted by atomic mass is 35.5. The standard InChI is InChI=1S/C34H37ClN2O4.CH2O3.ClH/c1-40-32-19-24(11-16-31(32)41-18-17-37-33(38)28-9-5-6-10-29(28)34(37)39)22-36(21-23-7-3-2-4-8-23)30-15-12-25-20-26(35)13-14-27(25)30;2-1(3)4;/h5-6,9-11,13-14,16,19-20,23,30H,2-4,7-8,12,15,17-18,21-22H2,1H3;(H2,2,3,4);1H/t30-;;/m0../s1. The highest BCUT2D eigenvalue weighted by Gasteiger charge is 2.35. The molecule has 2 amide bonds. The van der Waals surface area contributed by atoms with Crippen LogP contribution in [0.25, 0.3) is 0 Å². The van der Waals surface area contributed by atoms with Gasteiger partial charge in [-0.3, -0.25) is 19.4 Å². The van der Waals surface area contributed by atoms with E-state index in [1.165, 1.54) is 53.7 Å². The minimum absolute atomic E-state index is 0. The third kappa shape index (κ3) is 8.32. The van der Waals surface area contributed by atoms with E-state index < -0.39 is 6.16 Å². The van der Waals surface area contributed by atoms with Gasteiger partial charge in [0.25, 0.3) is 11.8 Å². The molecule has 0 saturated heterocycles. The number of imide groups is 1. The normalized spacial score (nSPS) is 17.1. The Morgan fingerprint density at radius 3 is 2.26 bits per heavy atom. The first-order valence-corrected chi connectivity index (χ1v) is 15.8. The fourth-order valence-electron chi connectivity index (χ4n) is 6.80. The Morgan fingerprint density at radius 1 is 0.935 bits per heavy atom. The van der Waals surface area contributed by atoms with Crippen LogP contribution in [-0.4, -0.2) is 64.8 Å². The fraction of sp³-hybridized carbons (Fsp3) is 0.400. The van der Waals surface area contributed by atoms with E-state index in [-0.39, 0.29) is 37.4 Å². The van der Waals surface area contributed by atoms with Crippen LogP contribution >= 0.6 is 24.0 Å². The molecule has 1 atom stereocenters. The SMILES string of the molecule is COc1cc(CN(CC2CCCCC2)[C@H]2CCc3cc(Cl)ccc32)ccc1OCCN1C(=O)c2ccccc2C1=O.Cl.O=C(O)O. The van der Waals surface area contributed by atoms with E-state index in [0.29, 0.717) is 28.7 Å². The van der Waals surface area contributed by atoms with Crippen molar-refractivity contribution in [2.75, 3.05) is 26.8 Å². The van der Waals surface area contributed by atoms with Crippen molar-refractivity contribution in [2.45, 2.75) is 57.5 Å². The van der Waals surface area contributed by atoms with Crippen molar-refractivity contribution in [3.63, 3.8) is 0 Å². The molecule has 1 heterocycles. The number of carbonyl (C=O) groups is 3. The van der Waals surface area contributed by atoms with Crippen LogP contribution in [0.4, 0.5) is 4.79 Å². The summed E-state index contributed by atoms with van der Waals surface area (Å²) in [6.45, 7) is 2.29. The topological polar surface area (TPSA) is 117 Å². The maximum absolute atomic E-state index is 12.7. The molecule has 3 aliphatic rings. The monoisotopic (exact) mass is 670 g/mol. The molecule has 46 heavy (non-hydrogen) atoms. The number of amides is 2. The summed E-state index contributed by atoms with van der Waals surface area (Å²) in [6, 6.07) is 19.8. The van der Waals surface area contributed by atoms with Crippen molar-refractivity contribution in [3.8, 4) is 11.5 Å². The van der Waals surface area contributed by atoms with E-state index in [1.807, 2.05) is 12.1 Å². The Hall–Kier alpha value is -3.79. The number of carbonyl (C=O) groups excluding carboxylic acids is 2. The van der Waals surface area contributed by atoms with Gasteiger partial charge in [-0.2, -0.15) is 0 Å². The molecule has 2 N–H and O–H groups in total. The third-order valence-electron chi connectivity index (χ3n) is 8.87. The number of carboxylic acid groups (broad SMARTS) is 2. The van der Waals surface area contributed by atoms with Gasteiger partial charge in [-0.05, 0) is 84.7 Å². The van der Waals surface area contributed by atoms with Crippen molar-refractivity contribution in [3.05, 3.63) is 93.5 Å². The number of methoxy groups -OCH3 is 1. The number of nitrogens with zero attached hydrogens (tertiary/aromatic N) is 2. The molecule has 0 radical (unpaired) electrons. The van der Waals surface area contributed by atoms with E-state index in [0.717, 1.165) is 36.9 Å². The first kappa shape index (κ1) is 35.1. The van der Waals surface area contributed by atoms with Gasteiger partial charge in [-0.25, -0.2) is 4.79 Å². The van der Waals surface area contributed by atoms with E-state index >= 15 is 0 Å². The highest BCUT2D eigenvalue weighted by molar-refractivity contribution is 6.30. The molecule has 11 heteroatoms. The zero-order valence-corrected chi connectivity index (χ0v) is 27.4. The summed E-state index contributed by atoms with van der Waals surface area (Å²) in [5.41, 5.74) is 4.85. The van der Waals surface area contributed by atoms with Crippen molar-refractivity contribution in [1.29, 1.82) is 0 Å². The summed E-state index contributed by atoms with van der Waals surface area (Å²) in [5.74, 6) is 1.44. The molecular weight excluding hydrogens is 631 g/mol. The maximum Gasteiger partial charge on any atom is 0.503 e. The zero-order valence-electron chi connectivity index (χ0n) is 25.8. The minimum atomic E-state index is -1.83. The molecule has 0 spiro atoms. The van der Waals surface area contributed by atoms with E-state index in [2.05, 4.69) is 29.2 Å². The molecule has 3 aromatic rings. The van der Waals surface area contributed by atoms with Crippen molar-refractivity contribution < 1.29 is 34.1 Å². The second-order valence-corrected chi connectivity index (χ2v) is 12.2. The molecule has 1 aliphatic heterocycles. The number of rotatable bonds is 10. The van der Waals surface area contributed by atoms with Crippen LogP contribution in [-0.2, 0) is 13.0 Å². The van der Waals surface area contributed by atoms with Gasteiger partial charge in [0.2, 0.25) is 0 Å². The number of ether oxygens (including phenoxy) is 2. The minimum Gasteiger partial charge on any atom is -0.493 e. The molecule has 0 bridgehead atoms. The Bertz CT molecular complexity index is 1500. The number of hydrogen-bond acceptors (Lipinski definition) is 6. The predicted octanol–water partition coefficient (Wildman–Crippen LogP) is 7.74. The van der Waals surface area contributed by atoms with Gasteiger partial charge in [-0.1, -0.05) is 55.1 Å². The van der Waals surface area contributed by atoms with Crippen LogP contribution in [0.2, 0.25) is 5.02 Å². The molecule has 1 fully saturated rings. The first-order valence-electron chi connectivity index (χ1n) is 15.4. The Labute approximate surface area is 280 Å². The lowest BCUT2D eigenvalue weighted by molar-refractivity contribution is 0.0630. The summed E-state index contributed by atoms with van der Waals surface area (Å²) in [4.78, 5) is 37.8. The first-order chi connectivity index (χ1) is 21.7. The third-order valence-corrected chi connectivity index (χ3v) is 9.11. The summed E-state index contributed by atoms with van der Waals surface area (Å²) in [5, 5.41) is 14.8. The molecule has 6 rings (SSSR count). The maximum atomic E-state index is 12.7. The van der Waals surface area contributed by atoms with Gasteiger partial charge in [0.1, 0.15) is 6.61 Å². The average Bonchev–Trinajstić information content (AvgIpc) is 3.55. The van der Waals surface area contributed by atoms with Gasteiger partial charge in [0, 0.05) is 24.2 Å². The van der Waals surface area contributed by atoms with Crippen LogP contribution in [0.3, 0.4) is 0 Å². The number of benzene rings is 3. The molecule has 3 aromatic carbocycles.